The Morgan fingerprint density at radius 1 is 1.05 bits per heavy atom. The van der Waals surface area contributed by atoms with Crippen LogP contribution in [0.5, 0.6) is 0 Å². The molecule has 2 saturated heterocycles. The van der Waals surface area contributed by atoms with Crippen LogP contribution in [-0.4, -0.2) is 33.4 Å². The molecule has 0 N–H and O–H groups in total. The first-order valence-electron chi connectivity index (χ1n) is 9.16. The van der Waals surface area contributed by atoms with E-state index in [0.717, 1.165) is 32.1 Å². The fraction of sp³-hybridized carbons (Fsp3) is 1.00. The van der Waals surface area contributed by atoms with Crippen LogP contribution in [-0.2, 0) is 9.47 Å². The second-order valence-corrected chi connectivity index (χ2v) is 8.58. The average molecular weight is 328 g/mol. The Labute approximate surface area is 141 Å². The third-order valence-corrected chi connectivity index (χ3v) is 7.98. The van der Waals surface area contributed by atoms with E-state index in [-0.39, 0.29) is 11.1 Å². The van der Waals surface area contributed by atoms with Gasteiger partial charge in [0, 0.05) is 23.4 Å². The van der Waals surface area contributed by atoms with Crippen molar-refractivity contribution in [2.45, 2.75) is 109 Å². The van der Waals surface area contributed by atoms with Gasteiger partial charge in [0.1, 0.15) is 0 Å². The number of hydrogen-bond donors (Lipinski definition) is 1. The van der Waals surface area contributed by atoms with Crippen LogP contribution < -0.4 is 0 Å². The van der Waals surface area contributed by atoms with Crippen LogP contribution in [0.2, 0.25) is 0 Å². The summed E-state index contributed by atoms with van der Waals surface area (Å²) in [5.74, 6) is -0.109. The van der Waals surface area contributed by atoms with Crippen molar-refractivity contribution in [2.24, 2.45) is 5.92 Å². The molecular weight excluding hydrogens is 294 g/mol. The first-order chi connectivity index (χ1) is 10.3. The monoisotopic (exact) mass is 327 g/mol. The van der Waals surface area contributed by atoms with Crippen molar-refractivity contribution in [3.05, 3.63) is 0 Å². The molecule has 4 heteroatoms. The Balaban J connectivity index is 1.97. The van der Waals surface area contributed by atoms with Gasteiger partial charge < -0.3 is 9.47 Å². The van der Waals surface area contributed by atoms with Gasteiger partial charge in [-0.25, -0.2) is 4.31 Å². The zero-order valence-corrected chi connectivity index (χ0v) is 15.8. The van der Waals surface area contributed by atoms with Crippen LogP contribution in [0.1, 0.15) is 79.6 Å². The van der Waals surface area contributed by atoms with Crippen molar-refractivity contribution in [3.63, 3.8) is 0 Å². The van der Waals surface area contributed by atoms with Crippen LogP contribution in [0.3, 0.4) is 0 Å². The normalized spacial score (nSPS) is 52.9. The molecule has 1 saturated carbocycles. The lowest BCUT2D eigenvalue weighted by Crippen LogP contribution is -2.69. The summed E-state index contributed by atoms with van der Waals surface area (Å²) in [6.45, 7) is 11.5. The van der Waals surface area contributed by atoms with E-state index in [1.807, 2.05) is 0 Å². The largest absolute Gasteiger partial charge is 0.344 e. The summed E-state index contributed by atoms with van der Waals surface area (Å²) in [5, 5.41) is 0. The summed E-state index contributed by atoms with van der Waals surface area (Å²) in [7, 11) is 0. The molecular formula is C18H33NO2S. The third-order valence-electron chi connectivity index (χ3n) is 7.04. The lowest BCUT2D eigenvalue weighted by molar-refractivity contribution is -0.273. The van der Waals surface area contributed by atoms with E-state index >= 15 is 0 Å². The minimum absolute atomic E-state index is 0.00781. The van der Waals surface area contributed by atoms with Crippen LogP contribution in [0.15, 0.2) is 0 Å². The van der Waals surface area contributed by atoms with Gasteiger partial charge in [0.05, 0.1) is 12.2 Å². The van der Waals surface area contributed by atoms with E-state index in [1.54, 1.807) is 0 Å². The van der Waals surface area contributed by atoms with Gasteiger partial charge in [0.2, 0.25) is 0 Å². The number of hydrogen-bond acceptors (Lipinski definition) is 4. The van der Waals surface area contributed by atoms with Crippen molar-refractivity contribution in [2.75, 3.05) is 0 Å². The van der Waals surface area contributed by atoms with Gasteiger partial charge in [-0.15, -0.1) is 0 Å². The van der Waals surface area contributed by atoms with Gasteiger partial charge in [0.15, 0.2) is 5.79 Å². The van der Waals surface area contributed by atoms with Crippen LogP contribution in [0.25, 0.3) is 0 Å². The Morgan fingerprint density at radius 2 is 1.59 bits per heavy atom. The van der Waals surface area contributed by atoms with Gasteiger partial charge in [-0.1, -0.05) is 46.4 Å². The van der Waals surface area contributed by atoms with Gasteiger partial charge >= 0.3 is 0 Å². The molecule has 0 aromatic heterocycles. The van der Waals surface area contributed by atoms with E-state index in [0.29, 0.717) is 18.1 Å². The fourth-order valence-corrected chi connectivity index (χ4v) is 5.45. The molecule has 3 fully saturated rings. The lowest BCUT2D eigenvalue weighted by Gasteiger charge is -2.61. The van der Waals surface area contributed by atoms with Crippen molar-refractivity contribution in [1.29, 1.82) is 0 Å². The quantitative estimate of drug-likeness (QED) is 0.751. The Bertz CT molecular complexity index is 417. The summed E-state index contributed by atoms with van der Waals surface area (Å²) in [4.78, 5) is 0. The number of fused-ring (bicyclic) bond motifs is 1. The molecule has 3 nitrogen and oxygen atoms in total. The number of ether oxygens (including phenoxy) is 2. The number of rotatable bonds is 2. The predicted octanol–water partition coefficient (Wildman–Crippen LogP) is 4.56. The highest BCUT2D eigenvalue weighted by Gasteiger charge is 2.64. The highest BCUT2D eigenvalue weighted by atomic mass is 32.1. The molecule has 3 rings (SSSR count). The maximum Gasteiger partial charge on any atom is 0.175 e. The molecule has 5 atom stereocenters. The standard InChI is InChI=1S/C18H33NO2S/c1-6-16(4)12-18(13(3)17(5,7-2)19(16)22)20-14-10-8-9-11-15(14)21-18/h13-15,22H,6-12H2,1-5H3. The van der Waals surface area contributed by atoms with Gasteiger partial charge in [-0.3, -0.25) is 0 Å². The van der Waals surface area contributed by atoms with Crippen LogP contribution >= 0.6 is 12.8 Å². The second kappa shape index (κ2) is 5.65. The fourth-order valence-electron chi connectivity index (χ4n) is 4.92. The first-order valence-corrected chi connectivity index (χ1v) is 9.56. The van der Waals surface area contributed by atoms with E-state index in [2.05, 4.69) is 38.9 Å². The summed E-state index contributed by atoms with van der Waals surface area (Å²) >= 11 is 4.94. The molecule has 0 bridgehead atoms. The number of thiol groups is 1. The molecule has 0 radical (unpaired) electrons. The number of piperidine rings is 1. The first kappa shape index (κ1) is 17.1. The highest BCUT2D eigenvalue weighted by Crippen LogP contribution is 2.56. The molecule has 5 unspecified atom stereocenters. The average Bonchev–Trinajstić information content (AvgIpc) is 2.90. The summed E-state index contributed by atoms with van der Waals surface area (Å²) in [6.07, 6.45) is 8.54. The van der Waals surface area contributed by atoms with Crippen molar-refractivity contribution in [1.82, 2.24) is 4.31 Å². The Morgan fingerprint density at radius 3 is 2.05 bits per heavy atom. The van der Waals surface area contributed by atoms with Crippen molar-refractivity contribution < 1.29 is 9.47 Å². The Hall–Kier alpha value is 0.230. The molecule has 0 aromatic carbocycles. The minimum atomic E-state index is -0.422. The maximum absolute atomic E-state index is 6.67. The second-order valence-electron chi connectivity index (χ2n) is 8.18. The summed E-state index contributed by atoms with van der Waals surface area (Å²) in [6, 6.07) is 0. The molecule has 0 aromatic rings. The van der Waals surface area contributed by atoms with Crippen LogP contribution in [0.4, 0.5) is 0 Å². The minimum Gasteiger partial charge on any atom is -0.344 e. The van der Waals surface area contributed by atoms with E-state index < -0.39 is 5.79 Å². The molecule has 3 aliphatic rings. The van der Waals surface area contributed by atoms with E-state index in [4.69, 9.17) is 22.3 Å². The zero-order chi connectivity index (χ0) is 16.2. The van der Waals surface area contributed by atoms with Crippen molar-refractivity contribution in [3.8, 4) is 0 Å². The molecule has 2 heterocycles. The summed E-state index contributed by atoms with van der Waals surface area (Å²) < 4.78 is 15.6. The smallest absolute Gasteiger partial charge is 0.175 e. The maximum atomic E-state index is 6.67. The molecule has 1 spiro atoms. The lowest BCUT2D eigenvalue weighted by atomic mass is 9.68. The number of nitrogens with zero attached hydrogens (tertiary/aromatic N) is 1. The van der Waals surface area contributed by atoms with E-state index in [9.17, 15) is 0 Å². The molecule has 22 heavy (non-hydrogen) atoms. The SMILES string of the molecule is CCC1(C)CC2(OC3CCCCC3O2)C(C)C(C)(CC)N1S. The van der Waals surface area contributed by atoms with Crippen LogP contribution in [0, 0.1) is 5.92 Å². The highest BCUT2D eigenvalue weighted by molar-refractivity contribution is 7.77. The zero-order valence-electron chi connectivity index (χ0n) is 14.9. The predicted molar refractivity (Wildman–Crippen MR) is 92.9 cm³/mol. The van der Waals surface area contributed by atoms with E-state index in [1.165, 1.54) is 12.8 Å². The molecule has 2 aliphatic heterocycles. The summed E-state index contributed by atoms with van der Waals surface area (Å²) in [5.41, 5.74) is -0.00646. The van der Waals surface area contributed by atoms with Gasteiger partial charge in [0.25, 0.3) is 0 Å². The van der Waals surface area contributed by atoms with Gasteiger partial charge in [-0.2, -0.15) is 0 Å². The molecule has 0 amide bonds. The topological polar surface area (TPSA) is 21.7 Å². The van der Waals surface area contributed by atoms with Gasteiger partial charge in [-0.05, 0) is 39.5 Å². The van der Waals surface area contributed by atoms with Crippen molar-refractivity contribution >= 4 is 12.8 Å². The molecule has 1 aliphatic carbocycles. The molecule has 128 valence electrons. The Kier molecular flexibility index (Phi) is 4.38. The third kappa shape index (κ3) is 2.28.